The summed E-state index contributed by atoms with van der Waals surface area (Å²) in [6.07, 6.45) is 1.90. The maximum absolute atomic E-state index is 13.8. The monoisotopic (exact) mass is 284 g/mol. The number of halogens is 2. The van der Waals surface area contributed by atoms with Gasteiger partial charge in [0.25, 0.3) is 5.91 Å². The minimum atomic E-state index is -0.569. The van der Waals surface area contributed by atoms with E-state index in [4.69, 9.17) is 17.3 Å². The van der Waals surface area contributed by atoms with Crippen LogP contribution in [0, 0.1) is 11.7 Å². The van der Waals surface area contributed by atoms with E-state index in [2.05, 4.69) is 0 Å². The van der Waals surface area contributed by atoms with E-state index in [-0.39, 0.29) is 28.5 Å². The molecule has 0 aliphatic carbocycles. The zero-order valence-electron chi connectivity index (χ0n) is 10.9. The Kier molecular flexibility index (Phi) is 4.42. The molecule has 5 heteroatoms. The summed E-state index contributed by atoms with van der Waals surface area (Å²) in [7, 11) is 0. The van der Waals surface area contributed by atoms with Gasteiger partial charge in [0.05, 0.1) is 10.6 Å². The minimum Gasteiger partial charge on any atom is -0.338 e. The number of amides is 1. The van der Waals surface area contributed by atoms with Crippen LogP contribution in [0.25, 0.3) is 0 Å². The van der Waals surface area contributed by atoms with E-state index in [9.17, 15) is 9.18 Å². The average molecular weight is 285 g/mol. The van der Waals surface area contributed by atoms with Crippen LogP contribution in [0.5, 0.6) is 0 Å². The van der Waals surface area contributed by atoms with Crippen LogP contribution in [0.2, 0.25) is 5.02 Å². The molecule has 2 N–H and O–H groups in total. The first-order chi connectivity index (χ1) is 9.00. The van der Waals surface area contributed by atoms with Crippen molar-refractivity contribution in [1.29, 1.82) is 0 Å². The van der Waals surface area contributed by atoms with Crippen LogP contribution in [-0.4, -0.2) is 29.9 Å². The lowest BCUT2D eigenvalue weighted by molar-refractivity contribution is 0.0656. The van der Waals surface area contributed by atoms with Crippen LogP contribution in [0.3, 0.4) is 0 Å². The highest BCUT2D eigenvalue weighted by Gasteiger charge is 2.28. The lowest BCUT2D eigenvalue weighted by atomic mass is 9.92. The molecular weight excluding hydrogens is 267 g/mol. The fraction of sp³-hybridized carbons (Fsp3) is 0.500. The largest absolute Gasteiger partial charge is 0.338 e. The third kappa shape index (κ3) is 3.07. The van der Waals surface area contributed by atoms with E-state index >= 15 is 0 Å². The van der Waals surface area contributed by atoms with Crippen LogP contribution in [0.1, 0.15) is 30.1 Å². The summed E-state index contributed by atoms with van der Waals surface area (Å²) in [5, 5.41) is 0.160. The van der Waals surface area contributed by atoms with Gasteiger partial charge in [-0.3, -0.25) is 4.79 Å². The highest BCUT2D eigenvalue weighted by atomic mass is 35.5. The molecule has 1 aliphatic heterocycles. The molecule has 1 aromatic carbocycles. The number of carbonyl (C=O) groups is 1. The summed E-state index contributed by atoms with van der Waals surface area (Å²) in [5.41, 5.74) is 5.86. The van der Waals surface area contributed by atoms with Gasteiger partial charge in [0.15, 0.2) is 0 Å². The van der Waals surface area contributed by atoms with E-state index in [1.165, 1.54) is 18.2 Å². The summed E-state index contributed by atoms with van der Waals surface area (Å²) in [6, 6.07) is 4.32. The van der Waals surface area contributed by atoms with Crippen LogP contribution in [0.4, 0.5) is 4.39 Å². The Morgan fingerprint density at radius 1 is 1.58 bits per heavy atom. The molecule has 0 bridgehead atoms. The predicted octanol–water partition coefficient (Wildman–Crippen LogP) is 2.68. The topological polar surface area (TPSA) is 46.3 Å². The van der Waals surface area contributed by atoms with Crippen molar-refractivity contribution in [2.45, 2.75) is 25.8 Å². The number of nitrogens with zero attached hydrogens (tertiary/aromatic N) is 1. The first-order valence-corrected chi connectivity index (χ1v) is 6.87. The summed E-state index contributed by atoms with van der Waals surface area (Å²) < 4.78 is 13.8. The van der Waals surface area contributed by atoms with Crippen LogP contribution < -0.4 is 5.73 Å². The molecule has 2 unspecified atom stereocenters. The molecule has 1 amide bonds. The van der Waals surface area contributed by atoms with Gasteiger partial charge in [-0.25, -0.2) is 4.39 Å². The molecule has 19 heavy (non-hydrogen) atoms. The number of piperidine rings is 1. The molecule has 0 radical (unpaired) electrons. The number of nitrogens with two attached hydrogens (primary N) is 1. The summed E-state index contributed by atoms with van der Waals surface area (Å²) in [6.45, 7) is 3.14. The Morgan fingerprint density at radius 2 is 2.32 bits per heavy atom. The fourth-order valence-corrected chi connectivity index (χ4v) is 2.73. The quantitative estimate of drug-likeness (QED) is 0.907. The zero-order valence-corrected chi connectivity index (χ0v) is 11.7. The van der Waals surface area contributed by atoms with Gasteiger partial charge in [0.2, 0.25) is 0 Å². The number of hydrogen-bond donors (Lipinski definition) is 1. The van der Waals surface area contributed by atoms with E-state index < -0.39 is 5.82 Å². The van der Waals surface area contributed by atoms with Crippen molar-refractivity contribution in [2.75, 3.05) is 13.1 Å². The Hall–Kier alpha value is -1.13. The third-order valence-corrected chi connectivity index (χ3v) is 3.98. The van der Waals surface area contributed by atoms with E-state index in [0.29, 0.717) is 13.1 Å². The molecule has 2 atom stereocenters. The Labute approximate surface area is 117 Å². The number of hydrogen-bond acceptors (Lipinski definition) is 2. The van der Waals surface area contributed by atoms with Crippen molar-refractivity contribution < 1.29 is 9.18 Å². The maximum atomic E-state index is 13.8. The smallest absolute Gasteiger partial charge is 0.258 e. The van der Waals surface area contributed by atoms with Crippen LogP contribution in [0.15, 0.2) is 18.2 Å². The SMILES string of the molecule is CC(N)C1CCCN(C(=O)c2c(F)cccc2Cl)C1. The van der Waals surface area contributed by atoms with Crippen molar-refractivity contribution in [3.63, 3.8) is 0 Å². The van der Waals surface area contributed by atoms with Gasteiger partial charge in [-0.2, -0.15) is 0 Å². The third-order valence-electron chi connectivity index (χ3n) is 3.67. The highest BCUT2D eigenvalue weighted by molar-refractivity contribution is 6.33. The second kappa shape index (κ2) is 5.88. The normalized spacial score (nSPS) is 21.3. The molecule has 1 saturated heterocycles. The van der Waals surface area contributed by atoms with Crippen LogP contribution in [-0.2, 0) is 0 Å². The molecule has 2 rings (SSSR count). The molecule has 1 aliphatic rings. The molecule has 104 valence electrons. The van der Waals surface area contributed by atoms with E-state index in [1.807, 2.05) is 6.92 Å². The number of carbonyl (C=O) groups excluding carboxylic acids is 1. The Bertz CT molecular complexity index is 458. The van der Waals surface area contributed by atoms with Crippen molar-refractivity contribution in [3.8, 4) is 0 Å². The molecule has 1 heterocycles. The Balaban J connectivity index is 2.20. The maximum Gasteiger partial charge on any atom is 0.258 e. The highest BCUT2D eigenvalue weighted by Crippen LogP contribution is 2.25. The number of benzene rings is 1. The summed E-state index contributed by atoms with van der Waals surface area (Å²) in [5.74, 6) is -0.642. The standard InChI is InChI=1S/C14H18ClFN2O/c1-9(17)10-4-3-7-18(8-10)14(19)13-11(15)5-2-6-12(13)16/h2,5-6,9-10H,3-4,7-8,17H2,1H3. The number of likely N-dealkylation sites (tertiary alicyclic amines) is 1. The van der Waals surface area contributed by atoms with Gasteiger partial charge < -0.3 is 10.6 Å². The number of rotatable bonds is 2. The van der Waals surface area contributed by atoms with Gasteiger partial charge in [-0.05, 0) is 37.8 Å². The first-order valence-electron chi connectivity index (χ1n) is 6.49. The van der Waals surface area contributed by atoms with Gasteiger partial charge in [0, 0.05) is 19.1 Å². The lowest BCUT2D eigenvalue weighted by Crippen LogP contribution is -2.45. The van der Waals surface area contributed by atoms with Gasteiger partial charge in [-0.15, -0.1) is 0 Å². The average Bonchev–Trinajstić information content (AvgIpc) is 2.38. The van der Waals surface area contributed by atoms with Crippen LogP contribution >= 0.6 is 11.6 Å². The van der Waals surface area contributed by atoms with E-state index in [0.717, 1.165) is 12.8 Å². The Morgan fingerprint density at radius 3 is 2.95 bits per heavy atom. The second-order valence-corrected chi connectivity index (χ2v) is 5.52. The zero-order chi connectivity index (χ0) is 14.0. The predicted molar refractivity (Wildman–Crippen MR) is 73.7 cm³/mol. The van der Waals surface area contributed by atoms with Crippen molar-refractivity contribution in [3.05, 3.63) is 34.6 Å². The van der Waals surface area contributed by atoms with Crippen molar-refractivity contribution in [1.82, 2.24) is 4.90 Å². The van der Waals surface area contributed by atoms with Gasteiger partial charge in [-0.1, -0.05) is 17.7 Å². The molecule has 0 saturated carbocycles. The minimum absolute atomic E-state index is 0.0329. The molecule has 0 spiro atoms. The van der Waals surface area contributed by atoms with Crippen molar-refractivity contribution in [2.24, 2.45) is 11.7 Å². The lowest BCUT2D eigenvalue weighted by Gasteiger charge is -2.34. The van der Waals surface area contributed by atoms with Gasteiger partial charge >= 0.3 is 0 Å². The summed E-state index contributed by atoms with van der Waals surface area (Å²) in [4.78, 5) is 14.0. The molecular formula is C14H18ClFN2O. The fourth-order valence-electron chi connectivity index (χ4n) is 2.48. The van der Waals surface area contributed by atoms with Crippen molar-refractivity contribution >= 4 is 17.5 Å². The summed E-state index contributed by atoms with van der Waals surface area (Å²) >= 11 is 5.93. The first kappa shape index (κ1) is 14.3. The molecule has 1 fully saturated rings. The second-order valence-electron chi connectivity index (χ2n) is 5.11. The molecule has 0 aromatic heterocycles. The van der Waals surface area contributed by atoms with Gasteiger partial charge in [0.1, 0.15) is 5.82 Å². The van der Waals surface area contributed by atoms with E-state index in [1.54, 1.807) is 4.90 Å². The molecule has 1 aromatic rings. The molecule has 3 nitrogen and oxygen atoms in total.